The van der Waals surface area contributed by atoms with E-state index in [2.05, 4.69) is 30.9 Å². The van der Waals surface area contributed by atoms with E-state index in [1.165, 1.54) is 12.3 Å². The number of nitrogens with one attached hydrogen (secondary N) is 2. The molecule has 0 fully saturated rings. The Balaban J connectivity index is 2.15. The van der Waals surface area contributed by atoms with Gasteiger partial charge in [-0.05, 0) is 13.0 Å². The highest BCUT2D eigenvalue weighted by Crippen LogP contribution is 2.18. The maximum Gasteiger partial charge on any atom is 0.253 e. The quantitative estimate of drug-likeness (QED) is 0.831. The summed E-state index contributed by atoms with van der Waals surface area (Å²) in [5, 5.41) is 16.3. The standard InChI is InChI=1S/C9H8Cl2N6O/c1-4(8-14-16-17-15-8)13-9(18)5-2-7(11)12-3-6(5)10/h2-4H,1H3,(H,13,18)(H,14,15,16,17). The van der Waals surface area contributed by atoms with Gasteiger partial charge in [-0.15, -0.1) is 10.2 Å². The molecule has 2 rings (SSSR count). The minimum absolute atomic E-state index is 0.191. The van der Waals surface area contributed by atoms with Crippen LogP contribution in [0.15, 0.2) is 12.3 Å². The van der Waals surface area contributed by atoms with Crippen molar-refractivity contribution in [1.82, 2.24) is 30.9 Å². The van der Waals surface area contributed by atoms with Crippen molar-refractivity contribution in [3.8, 4) is 0 Å². The van der Waals surface area contributed by atoms with Gasteiger partial charge in [0.2, 0.25) is 0 Å². The summed E-state index contributed by atoms with van der Waals surface area (Å²) in [5.74, 6) is -0.0128. The fourth-order valence-electron chi connectivity index (χ4n) is 1.28. The predicted molar refractivity (Wildman–Crippen MR) is 64.3 cm³/mol. The van der Waals surface area contributed by atoms with Crippen LogP contribution >= 0.6 is 23.2 Å². The van der Waals surface area contributed by atoms with Crippen LogP contribution in [0.2, 0.25) is 10.2 Å². The average molecular weight is 287 g/mol. The van der Waals surface area contributed by atoms with Crippen LogP contribution in [0, 0.1) is 0 Å². The Morgan fingerprint density at radius 3 is 2.94 bits per heavy atom. The van der Waals surface area contributed by atoms with E-state index in [1.807, 2.05) is 0 Å². The SMILES string of the molecule is CC(NC(=O)c1cc(Cl)ncc1Cl)c1nn[nH]n1. The molecule has 2 heterocycles. The first-order valence-electron chi connectivity index (χ1n) is 4.93. The summed E-state index contributed by atoms with van der Waals surface area (Å²) in [6.07, 6.45) is 1.32. The third-order valence-electron chi connectivity index (χ3n) is 2.16. The third-order valence-corrected chi connectivity index (χ3v) is 2.67. The van der Waals surface area contributed by atoms with Crippen molar-refractivity contribution in [2.24, 2.45) is 0 Å². The van der Waals surface area contributed by atoms with Gasteiger partial charge in [0, 0.05) is 6.20 Å². The van der Waals surface area contributed by atoms with Gasteiger partial charge in [-0.3, -0.25) is 4.79 Å². The summed E-state index contributed by atoms with van der Waals surface area (Å²) in [5.41, 5.74) is 0.243. The highest BCUT2D eigenvalue weighted by molar-refractivity contribution is 6.35. The lowest BCUT2D eigenvalue weighted by molar-refractivity contribution is 0.0938. The summed E-state index contributed by atoms with van der Waals surface area (Å²) in [4.78, 5) is 15.7. The van der Waals surface area contributed by atoms with Gasteiger partial charge < -0.3 is 5.32 Å². The number of aromatic amines is 1. The largest absolute Gasteiger partial charge is 0.342 e. The molecule has 1 unspecified atom stereocenters. The molecule has 0 aliphatic heterocycles. The van der Waals surface area contributed by atoms with Crippen molar-refractivity contribution in [3.63, 3.8) is 0 Å². The Morgan fingerprint density at radius 1 is 1.50 bits per heavy atom. The van der Waals surface area contributed by atoms with Gasteiger partial charge >= 0.3 is 0 Å². The molecule has 9 heteroatoms. The molecule has 18 heavy (non-hydrogen) atoms. The number of rotatable bonds is 3. The van der Waals surface area contributed by atoms with E-state index < -0.39 is 6.04 Å². The monoisotopic (exact) mass is 286 g/mol. The number of carbonyl (C=O) groups is 1. The molecule has 2 N–H and O–H groups in total. The smallest absolute Gasteiger partial charge is 0.253 e. The fraction of sp³-hybridized carbons (Fsp3) is 0.222. The maximum atomic E-state index is 12.0. The minimum atomic E-state index is -0.403. The number of tetrazole rings is 1. The van der Waals surface area contributed by atoms with Gasteiger partial charge in [-0.1, -0.05) is 28.4 Å². The molecule has 0 bridgehead atoms. The molecule has 0 saturated carbocycles. The number of pyridine rings is 1. The molecule has 2 aromatic heterocycles. The zero-order valence-corrected chi connectivity index (χ0v) is 10.7. The molecule has 0 spiro atoms. The van der Waals surface area contributed by atoms with E-state index in [-0.39, 0.29) is 21.6 Å². The lowest BCUT2D eigenvalue weighted by atomic mass is 10.2. The number of nitrogens with zero attached hydrogens (tertiary/aromatic N) is 4. The summed E-state index contributed by atoms with van der Waals surface area (Å²) in [6.45, 7) is 1.72. The number of carbonyl (C=O) groups excluding carboxylic acids is 1. The summed E-state index contributed by atoms with van der Waals surface area (Å²) in [6, 6.07) is 0.988. The Kier molecular flexibility index (Phi) is 3.73. The molecule has 0 aliphatic carbocycles. The van der Waals surface area contributed by atoms with Crippen LogP contribution in [0.1, 0.15) is 29.1 Å². The molecule has 0 aliphatic rings. The Bertz CT molecular complexity index is 558. The molecular formula is C9H8Cl2N6O. The molecule has 1 amide bonds. The molecular weight excluding hydrogens is 279 g/mol. The fourth-order valence-corrected chi connectivity index (χ4v) is 1.63. The van der Waals surface area contributed by atoms with Crippen LogP contribution in [0.5, 0.6) is 0 Å². The average Bonchev–Trinajstić information content (AvgIpc) is 2.85. The van der Waals surface area contributed by atoms with E-state index in [1.54, 1.807) is 6.92 Å². The normalized spacial score (nSPS) is 12.2. The van der Waals surface area contributed by atoms with Crippen molar-refractivity contribution in [1.29, 1.82) is 0 Å². The topological polar surface area (TPSA) is 96.5 Å². The van der Waals surface area contributed by atoms with Crippen molar-refractivity contribution in [3.05, 3.63) is 33.8 Å². The van der Waals surface area contributed by atoms with Crippen molar-refractivity contribution in [2.75, 3.05) is 0 Å². The number of amides is 1. The van der Waals surface area contributed by atoms with E-state index in [4.69, 9.17) is 23.2 Å². The molecule has 1 atom stereocenters. The van der Waals surface area contributed by atoms with E-state index in [0.29, 0.717) is 5.82 Å². The summed E-state index contributed by atoms with van der Waals surface area (Å²) < 4.78 is 0. The van der Waals surface area contributed by atoms with Gasteiger partial charge in [0.15, 0.2) is 5.82 Å². The lowest BCUT2D eigenvalue weighted by Gasteiger charge is -2.10. The summed E-state index contributed by atoms with van der Waals surface area (Å²) in [7, 11) is 0. The predicted octanol–water partition coefficient (Wildman–Crippen LogP) is 1.39. The number of halogens is 2. The first kappa shape index (κ1) is 12.7. The van der Waals surface area contributed by atoms with Gasteiger partial charge in [-0.2, -0.15) is 5.21 Å². The van der Waals surface area contributed by atoms with Crippen molar-refractivity contribution < 1.29 is 4.79 Å². The molecule has 0 radical (unpaired) electrons. The molecule has 0 saturated heterocycles. The first-order valence-corrected chi connectivity index (χ1v) is 5.68. The second-order valence-corrected chi connectivity index (χ2v) is 4.25. The zero-order valence-electron chi connectivity index (χ0n) is 9.19. The van der Waals surface area contributed by atoms with E-state index in [9.17, 15) is 4.79 Å². The third kappa shape index (κ3) is 2.74. The van der Waals surface area contributed by atoms with Gasteiger partial charge in [-0.25, -0.2) is 4.98 Å². The summed E-state index contributed by atoms with van der Waals surface area (Å²) >= 11 is 11.6. The molecule has 7 nitrogen and oxygen atoms in total. The van der Waals surface area contributed by atoms with Crippen LogP contribution in [-0.2, 0) is 0 Å². The van der Waals surface area contributed by atoms with Gasteiger partial charge in [0.05, 0.1) is 16.6 Å². The first-order chi connectivity index (χ1) is 8.58. The number of hydrogen-bond donors (Lipinski definition) is 2. The zero-order chi connectivity index (χ0) is 13.1. The number of H-pyrrole nitrogens is 1. The second kappa shape index (κ2) is 5.28. The van der Waals surface area contributed by atoms with Crippen LogP contribution in [0.4, 0.5) is 0 Å². The lowest BCUT2D eigenvalue weighted by Crippen LogP contribution is -2.27. The van der Waals surface area contributed by atoms with Gasteiger partial charge in [0.25, 0.3) is 5.91 Å². The highest BCUT2D eigenvalue weighted by Gasteiger charge is 2.17. The minimum Gasteiger partial charge on any atom is -0.342 e. The number of aromatic nitrogens is 5. The van der Waals surface area contributed by atoms with Crippen molar-refractivity contribution >= 4 is 29.1 Å². The maximum absolute atomic E-state index is 12.0. The van der Waals surface area contributed by atoms with Crippen LogP contribution in [-0.4, -0.2) is 31.5 Å². The van der Waals surface area contributed by atoms with Crippen LogP contribution in [0.3, 0.4) is 0 Å². The Morgan fingerprint density at radius 2 is 2.28 bits per heavy atom. The highest BCUT2D eigenvalue weighted by atomic mass is 35.5. The molecule has 0 aromatic carbocycles. The van der Waals surface area contributed by atoms with E-state index >= 15 is 0 Å². The van der Waals surface area contributed by atoms with Crippen molar-refractivity contribution in [2.45, 2.75) is 13.0 Å². The molecule has 94 valence electrons. The van der Waals surface area contributed by atoms with Crippen LogP contribution < -0.4 is 5.32 Å². The molecule has 2 aromatic rings. The van der Waals surface area contributed by atoms with Crippen LogP contribution in [0.25, 0.3) is 0 Å². The second-order valence-electron chi connectivity index (χ2n) is 3.45. The number of hydrogen-bond acceptors (Lipinski definition) is 5. The Labute approximate surface area is 112 Å². The van der Waals surface area contributed by atoms with Gasteiger partial charge in [0.1, 0.15) is 5.15 Å². The van der Waals surface area contributed by atoms with E-state index in [0.717, 1.165) is 0 Å². The Hall–Kier alpha value is -1.73.